The Bertz CT molecular complexity index is 701. The van der Waals surface area contributed by atoms with Gasteiger partial charge >= 0.3 is 5.97 Å². The van der Waals surface area contributed by atoms with Crippen LogP contribution in [0.2, 0.25) is 0 Å². The van der Waals surface area contributed by atoms with Crippen LogP contribution in [0.15, 0.2) is 40.9 Å². The molecule has 1 atom stereocenters. The van der Waals surface area contributed by atoms with Crippen molar-refractivity contribution in [1.82, 2.24) is 4.90 Å². The van der Waals surface area contributed by atoms with Crippen LogP contribution in [0.1, 0.15) is 50.5 Å². The zero-order valence-corrected chi connectivity index (χ0v) is 17.0. The summed E-state index contributed by atoms with van der Waals surface area (Å²) in [5.74, 6) is -0.599. The van der Waals surface area contributed by atoms with Crippen LogP contribution < -0.4 is 0 Å². The first-order valence-electron chi connectivity index (χ1n) is 9.42. The number of rotatable bonds is 11. The molecule has 0 spiro atoms. The minimum Gasteiger partial charge on any atom is -0.481 e. The van der Waals surface area contributed by atoms with Gasteiger partial charge in [-0.25, -0.2) is 0 Å². The van der Waals surface area contributed by atoms with Gasteiger partial charge in [0.15, 0.2) is 5.78 Å². The molecule has 1 heterocycles. The molecule has 0 saturated carbocycles. The standard InChI is InChI=1S/C21H26BrNO4/c22-17-7-5-6-16(14-17)15-19(24)11-9-18-10-12-20(25)23(18)13-4-2-1-3-8-21(26)27/h5-7,9,11,14,18H,1-4,8,10,12-13,15H2,(H,26,27)/b11-9+. The Labute approximate surface area is 168 Å². The lowest BCUT2D eigenvalue weighted by Gasteiger charge is -2.22. The highest BCUT2D eigenvalue weighted by atomic mass is 79.9. The van der Waals surface area contributed by atoms with Gasteiger partial charge in [-0.1, -0.05) is 47.0 Å². The van der Waals surface area contributed by atoms with Crippen LogP contribution >= 0.6 is 15.9 Å². The van der Waals surface area contributed by atoms with E-state index >= 15 is 0 Å². The third-order valence-corrected chi connectivity index (χ3v) is 5.18. The number of unbranched alkanes of at least 4 members (excludes halogenated alkanes) is 3. The van der Waals surface area contributed by atoms with E-state index in [4.69, 9.17) is 5.11 Å². The number of hydrogen-bond acceptors (Lipinski definition) is 3. The van der Waals surface area contributed by atoms with Crippen molar-refractivity contribution >= 4 is 33.6 Å². The monoisotopic (exact) mass is 435 g/mol. The Balaban J connectivity index is 1.77. The van der Waals surface area contributed by atoms with E-state index in [9.17, 15) is 14.4 Å². The smallest absolute Gasteiger partial charge is 0.303 e. The highest BCUT2D eigenvalue weighted by molar-refractivity contribution is 9.10. The highest BCUT2D eigenvalue weighted by Gasteiger charge is 2.28. The van der Waals surface area contributed by atoms with Crippen LogP contribution in [-0.2, 0) is 20.8 Å². The summed E-state index contributed by atoms with van der Waals surface area (Å²) >= 11 is 3.40. The molecule has 5 nitrogen and oxygen atoms in total. The number of hydrogen-bond donors (Lipinski definition) is 1. The molecule has 146 valence electrons. The van der Waals surface area contributed by atoms with Gasteiger partial charge in [-0.15, -0.1) is 0 Å². The van der Waals surface area contributed by atoms with Gasteiger partial charge in [0.2, 0.25) is 5.91 Å². The van der Waals surface area contributed by atoms with E-state index in [0.717, 1.165) is 35.7 Å². The lowest BCUT2D eigenvalue weighted by atomic mass is 10.1. The normalized spacial score (nSPS) is 17.0. The molecule has 1 aromatic rings. The van der Waals surface area contributed by atoms with Crippen molar-refractivity contribution in [3.05, 3.63) is 46.5 Å². The zero-order valence-electron chi connectivity index (χ0n) is 15.4. The maximum Gasteiger partial charge on any atom is 0.303 e. The topological polar surface area (TPSA) is 74.7 Å². The maximum absolute atomic E-state index is 12.2. The van der Waals surface area contributed by atoms with Crippen molar-refractivity contribution in [2.75, 3.05) is 6.54 Å². The molecular weight excluding hydrogens is 410 g/mol. The first kappa shape index (κ1) is 21.4. The summed E-state index contributed by atoms with van der Waals surface area (Å²) in [6.45, 7) is 0.667. The average Bonchev–Trinajstić information content (AvgIpc) is 2.96. The SMILES string of the molecule is O=C(O)CCCCCCN1C(=O)CCC1/C=C/C(=O)Cc1cccc(Br)c1. The number of carbonyl (C=O) groups is 3. The van der Waals surface area contributed by atoms with E-state index in [0.29, 0.717) is 25.8 Å². The molecule has 1 aliphatic heterocycles. The summed E-state index contributed by atoms with van der Waals surface area (Å²) in [5, 5.41) is 8.63. The number of ketones is 1. The Morgan fingerprint density at radius 1 is 1.22 bits per heavy atom. The molecule has 0 aromatic heterocycles. The summed E-state index contributed by atoms with van der Waals surface area (Å²) in [7, 11) is 0. The van der Waals surface area contributed by atoms with Gasteiger partial charge in [0.1, 0.15) is 0 Å². The molecular formula is C21H26BrNO4. The second-order valence-electron chi connectivity index (χ2n) is 6.88. The second kappa shape index (κ2) is 11.0. The van der Waals surface area contributed by atoms with Gasteiger partial charge in [0, 0.05) is 30.3 Å². The van der Waals surface area contributed by atoms with Gasteiger partial charge in [-0.3, -0.25) is 14.4 Å². The van der Waals surface area contributed by atoms with E-state index in [1.54, 1.807) is 6.08 Å². The van der Waals surface area contributed by atoms with Crippen LogP contribution in [0.4, 0.5) is 0 Å². The van der Waals surface area contributed by atoms with E-state index in [-0.39, 0.29) is 24.2 Å². The fourth-order valence-electron chi connectivity index (χ4n) is 3.28. The summed E-state index contributed by atoms with van der Waals surface area (Å²) in [4.78, 5) is 36.6. The number of carbonyl (C=O) groups excluding carboxylic acids is 2. The molecule has 0 radical (unpaired) electrons. The summed E-state index contributed by atoms with van der Waals surface area (Å²) < 4.78 is 0.952. The fraction of sp³-hybridized carbons (Fsp3) is 0.476. The van der Waals surface area contributed by atoms with Crippen LogP contribution in [0, 0.1) is 0 Å². The highest BCUT2D eigenvalue weighted by Crippen LogP contribution is 2.21. The van der Waals surface area contributed by atoms with Crippen LogP contribution in [-0.4, -0.2) is 40.3 Å². The number of carboxylic acids is 1. The fourth-order valence-corrected chi connectivity index (χ4v) is 3.73. The predicted octanol–water partition coefficient (Wildman–Crippen LogP) is 4.14. The number of nitrogens with zero attached hydrogens (tertiary/aromatic N) is 1. The molecule has 0 bridgehead atoms. The Morgan fingerprint density at radius 2 is 2.00 bits per heavy atom. The summed E-state index contributed by atoms with van der Waals surface area (Å²) in [6, 6.07) is 7.67. The van der Waals surface area contributed by atoms with Crippen LogP contribution in [0.25, 0.3) is 0 Å². The van der Waals surface area contributed by atoms with Crippen LogP contribution in [0.5, 0.6) is 0 Å². The minimum absolute atomic E-state index is 0.0111. The van der Waals surface area contributed by atoms with E-state index in [1.807, 2.05) is 35.2 Å². The average molecular weight is 436 g/mol. The molecule has 6 heteroatoms. The molecule has 1 aromatic carbocycles. The second-order valence-corrected chi connectivity index (χ2v) is 7.80. The largest absolute Gasteiger partial charge is 0.481 e. The summed E-state index contributed by atoms with van der Waals surface area (Å²) in [5.41, 5.74) is 0.958. The van der Waals surface area contributed by atoms with Gasteiger partial charge < -0.3 is 10.0 Å². The van der Waals surface area contributed by atoms with Crippen molar-refractivity contribution in [1.29, 1.82) is 0 Å². The quantitative estimate of drug-likeness (QED) is 0.418. The number of benzene rings is 1. The lowest BCUT2D eigenvalue weighted by Crippen LogP contribution is -2.32. The third kappa shape index (κ3) is 7.67. The van der Waals surface area contributed by atoms with Crippen molar-refractivity contribution in [3.63, 3.8) is 0 Å². The molecule has 1 aliphatic rings. The Morgan fingerprint density at radius 3 is 2.74 bits per heavy atom. The van der Waals surface area contributed by atoms with Crippen molar-refractivity contribution < 1.29 is 19.5 Å². The van der Waals surface area contributed by atoms with Crippen molar-refractivity contribution in [3.8, 4) is 0 Å². The number of carboxylic acid groups (broad SMARTS) is 1. The number of aliphatic carboxylic acids is 1. The van der Waals surface area contributed by atoms with Crippen molar-refractivity contribution in [2.45, 2.75) is 57.4 Å². The van der Waals surface area contributed by atoms with Gasteiger partial charge in [-0.2, -0.15) is 0 Å². The molecule has 2 rings (SSSR count). The van der Waals surface area contributed by atoms with E-state index in [1.165, 1.54) is 0 Å². The Kier molecular flexibility index (Phi) is 8.72. The summed E-state index contributed by atoms with van der Waals surface area (Å²) in [6.07, 6.45) is 8.59. The number of halogens is 1. The Hall–Kier alpha value is -1.95. The minimum atomic E-state index is -0.762. The zero-order chi connectivity index (χ0) is 19.6. The van der Waals surface area contributed by atoms with E-state index in [2.05, 4.69) is 15.9 Å². The van der Waals surface area contributed by atoms with Gasteiger partial charge in [0.05, 0.1) is 6.04 Å². The van der Waals surface area contributed by atoms with Gasteiger partial charge in [0.25, 0.3) is 0 Å². The molecule has 1 fully saturated rings. The molecule has 1 amide bonds. The molecule has 1 N–H and O–H groups in total. The molecule has 1 saturated heterocycles. The van der Waals surface area contributed by atoms with E-state index < -0.39 is 5.97 Å². The molecule has 1 unspecified atom stereocenters. The van der Waals surface area contributed by atoms with Crippen LogP contribution in [0.3, 0.4) is 0 Å². The lowest BCUT2D eigenvalue weighted by molar-refractivity contribution is -0.137. The number of amides is 1. The predicted molar refractivity (Wildman–Crippen MR) is 107 cm³/mol. The third-order valence-electron chi connectivity index (χ3n) is 4.69. The first-order valence-corrected chi connectivity index (χ1v) is 10.2. The van der Waals surface area contributed by atoms with Crippen molar-refractivity contribution in [2.24, 2.45) is 0 Å². The number of likely N-dealkylation sites (tertiary alicyclic amines) is 1. The maximum atomic E-state index is 12.2. The molecule has 27 heavy (non-hydrogen) atoms. The molecule has 0 aliphatic carbocycles. The number of allylic oxidation sites excluding steroid dienone is 1. The first-order chi connectivity index (χ1) is 13.0. The van der Waals surface area contributed by atoms with Gasteiger partial charge in [-0.05, 0) is 43.0 Å².